The minimum atomic E-state index is 0.447. The van der Waals surface area contributed by atoms with Gasteiger partial charge < -0.3 is 10.1 Å². The summed E-state index contributed by atoms with van der Waals surface area (Å²) < 4.78 is 5.57. The van der Waals surface area contributed by atoms with Crippen LogP contribution in [0.5, 0.6) is 0 Å². The Labute approximate surface area is 123 Å². The molecule has 1 aromatic rings. The van der Waals surface area contributed by atoms with Gasteiger partial charge in [0.05, 0.1) is 6.61 Å². The number of nitrogens with one attached hydrogen (secondary N) is 1. The lowest BCUT2D eigenvalue weighted by Gasteiger charge is -2.28. The fourth-order valence-corrected chi connectivity index (χ4v) is 2.96. The highest BCUT2D eigenvalue weighted by Crippen LogP contribution is 2.23. The molecule has 1 heterocycles. The van der Waals surface area contributed by atoms with Crippen LogP contribution in [-0.2, 0) is 11.2 Å². The van der Waals surface area contributed by atoms with E-state index >= 15 is 0 Å². The van der Waals surface area contributed by atoms with Crippen LogP contribution in [0.1, 0.15) is 50.8 Å². The lowest BCUT2D eigenvalue weighted by atomic mass is 9.93. The highest BCUT2D eigenvalue weighted by atomic mass is 16.5. The minimum absolute atomic E-state index is 0.447. The summed E-state index contributed by atoms with van der Waals surface area (Å²) in [6.45, 7) is 9.73. The van der Waals surface area contributed by atoms with Crippen molar-refractivity contribution in [3.05, 3.63) is 35.4 Å². The van der Waals surface area contributed by atoms with Crippen LogP contribution in [0.4, 0.5) is 0 Å². The van der Waals surface area contributed by atoms with Gasteiger partial charge in [0.2, 0.25) is 0 Å². The van der Waals surface area contributed by atoms with Gasteiger partial charge in [-0.3, -0.25) is 0 Å². The molecule has 2 rings (SSSR count). The van der Waals surface area contributed by atoms with Gasteiger partial charge in [0.25, 0.3) is 0 Å². The largest absolute Gasteiger partial charge is 0.381 e. The van der Waals surface area contributed by atoms with Crippen molar-refractivity contribution >= 4 is 0 Å². The summed E-state index contributed by atoms with van der Waals surface area (Å²) in [6.07, 6.45) is 3.62. The predicted octanol–water partition coefficient (Wildman–Crippen LogP) is 3.96. The molecule has 0 amide bonds. The quantitative estimate of drug-likeness (QED) is 0.848. The third-order valence-corrected chi connectivity index (χ3v) is 4.29. The van der Waals surface area contributed by atoms with E-state index in [4.69, 9.17) is 4.74 Å². The standard InChI is InChI=1S/C18H29NO/c1-4-15-7-9-17(10-8-15)18(14(2)3)19-12-16-6-5-11-20-13-16/h7-10,14,16,18-19H,4-6,11-13H2,1-3H3. The van der Waals surface area contributed by atoms with Gasteiger partial charge in [0.15, 0.2) is 0 Å². The topological polar surface area (TPSA) is 21.3 Å². The Morgan fingerprint density at radius 3 is 2.55 bits per heavy atom. The highest BCUT2D eigenvalue weighted by molar-refractivity contribution is 5.25. The number of benzene rings is 1. The second-order valence-corrected chi connectivity index (χ2v) is 6.31. The first-order valence-corrected chi connectivity index (χ1v) is 8.10. The van der Waals surface area contributed by atoms with Crippen molar-refractivity contribution < 1.29 is 4.74 Å². The average Bonchev–Trinajstić information content (AvgIpc) is 2.49. The Hall–Kier alpha value is -0.860. The van der Waals surface area contributed by atoms with E-state index in [9.17, 15) is 0 Å². The maximum Gasteiger partial charge on any atom is 0.0506 e. The number of rotatable bonds is 6. The molecule has 1 aliphatic rings. The van der Waals surface area contributed by atoms with Crippen molar-refractivity contribution in [2.24, 2.45) is 11.8 Å². The van der Waals surface area contributed by atoms with E-state index in [-0.39, 0.29) is 0 Å². The molecule has 0 saturated carbocycles. The fourth-order valence-electron chi connectivity index (χ4n) is 2.96. The van der Waals surface area contributed by atoms with E-state index in [2.05, 4.69) is 50.4 Å². The first-order valence-electron chi connectivity index (χ1n) is 8.10. The van der Waals surface area contributed by atoms with Crippen LogP contribution < -0.4 is 5.32 Å². The van der Waals surface area contributed by atoms with Gasteiger partial charge in [-0.2, -0.15) is 0 Å². The van der Waals surface area contributed by atoms with E-state index in [1.165, 1.54) is 24.0 Å². The summed E-state index contributed by atoms with van der Waals surface area (Å²) in [5, 5.41) is 3.76. The van der Waals surface area contributed by atoms with E-state index in [0.29, 0.717) is 17.9 Å². The average molecular weight is 275 g/mol. The molecule has 2 nitrogen and oxygen atoms in total. The van der Waals surface area contributed by atoms with Gasteiger partial charge in [-0.05, 0) is 42.2 Å². The molecule has 2 heteroatoms. The first-order chi connectivity index (χ1) is 9.70. The number of ether oxygens (including phenoxy) is 1. The molecular formula is C18H29NO. The van der Waals surface area contributed by atoms with Crippen LogP contribution in [0.3, 0.4) is 0 Å². The maximum atomic E-state index is 5.57. The van der Waals surface area contributed by atoms with Crippen LogP contribution in [0.25, 0.3) is 0 Å². The van der Waals surface area contributed by atoms with Gasteiger partial charge >= 0.3 is 0 Å². The SMILES string of the molecule is CCc1ccc(C(NCC2CCCOC2)C(C)C)cc1. The number of hydrogen-bond acceptors (Lipinski definition) is 2. The summed E-state index contributed by atoms with van der Waals surface area (Å²) in [7, 11) is 0. The second kappa shape index (κ2) is 7.80. The zero-order valence-corrected chi connectivity index (χ0v) is 13.2. The summed E-state index contributed by atoms with van der Waals surface area (Å²) in [4.78, 5) is 0. The Kier molecular flexibility index (Phi) is 6.06. The zero-order valence-electron chi connectivity index (χ0n) is 13.2. The molecule has 1 fully saturated rings. The van der Waals surface area contributed by atoms with Gasteiger partial charge in [0.1, 0.15) is 0 Å². The molecule has 2 unspecified atom stereocenters. The Morgan fingerprint density at radius 1 is 1.25 bits per heavy atom. The summed E-state index contributed by atoms with van der Waals surface area (Å²) in [5.74, 6) is 1.28. The summed E-state index contributed by atoms with van der Waals surface area (Å²) >= 11 is 0. The Morgan fingerprint density at radius 2 is 2.00 bits per heavy atom. The van der Waals surface area contributed by atoms with Gasteiger partial charge in [0, 0.05) is 19.2 Å². The Balaban J connectivity index is 1.94. The van der Waals surface area contributed by atoms with Crippen molar-refractivity contribution in [1.29, 1.82) is 0 Å². The van der Waals surface area contributed by atoms with Crippen molar-refractivity contribution in [3.63, 3.8) is 0 Å². The molecule has 0 aromatic heterocycles. The third kappa shape index (κ3) is 4.32. The van der Waals surface area contributed by atoms with Crippen LogP contribution in [0.15, 0.2) is 24.3 Å². The molecule has 1 aromatic carbocycles. The lowest BCUT2D eigenvalue weighted by Crippen LogP contribution is -2.33. The van der Waals surface area contributed by atoms with Crippen molar-refractivity contribution in [2.45, 2.75) is 46.1 Å². The fraction of sp³-hybridized carbons (Fsp3) is 0.667. The molecule has 2 atom stereocenters. The Bertz CT molecular complexity index is 379. The predicted molar refractivity (Wildman–Crippen MR) is 84.9 cm³/mol. The van der Waals surface area contributed by atoms with Crippen LogP contribution in [0.2, 0.25) is 0 Å². The lowest BCUT2D eigenvalue weighted by molar-refractivity contribution is 0.0531. The molecule has 0 aliphatic carbocycles. The van der Waals surface area contributed by atoms with Crippen LogP contribution in [0, 0.1) is 11.8 Å². The zero-order chi connectivity index (χ0) is 14.4. The molecule has 0 radical (unpaired) electrons. The monoisotopic (exact) mass is 275 g/mol. The van der Waals surface area contributed by atoms with E-state index in [1.807, 2.05) is 0 Å². The van der Waals surface area contributed by atoms with Crippen molar-refractivity contribution in [1.82, 2.24) is 5.32 Å². The molecule has 0 bridgehead atoms. The first kappa shape index (κ1) is 15.5. The molecule has 1 saturated heterocycles. The van der Waals surface area contributed by atoms with Crippen molar-refractivity contribution in [2.75, 3.05) is 19.8 Å². The maximum absolute atomic E-state index is 5.57. The van der Waals surface area contributed by atoms with Crippen molar-refractivity contribution in [3.8, 4) is 0 Å². The molecule has 1 N–H and O–H groups in total. The molecular weight excluding hydrogens is 246 g/mol. The third-order valence-electron chi connectivity index (χ3n) is 4.29. The van der Waals surface area contributed by atoms with E-state index in [1.54, 1.807) is 0 Å². The molecule has 0 spiro atoms. The summed E-state index contributed by atoms with van der Waals surface area (Å²) in [6, 6.07) is 9.54. The molecule has 1 aliphatic heterocycles. The highest BCUT2D eigenvalue weighted by Gasteiger charge is 2.19. The van der Waals surface area contributed by atoms with Gasteiger partial charge in [-0.15, -0.1) is 0 Å². The summed E-state index contributed by atoms with van der Waals surface area (Å²) in [5.41, 5.74) is 2.82. The number of hydrogen-bond donors (Lipinski definition) is 1. The molecule has 20 heavy (non-hydrogen) atoms. The van der Waals surface area contributed by atoms with Crippen LogP contribution in [-0.4, -0.2) is 19.8 Å². The van der Waals surface area contributed by atoms with Crippen LogP contribution >= 0.6 is 0 Å². The van der Waals surface area contributed by atoms with Gasteiger partial charge in [-0.1, -0.05) is 45.0 Å². The minimum Gasteiger partial charge on any atom is -0.381 e. The molecule has 112 valence electrons. The second-order valence-electron chi connectivity index (χ2n) is 6.31. The normalized spacial score (nSPS) is 21.1. The van der Waals surface area contributed by atoms with Gasteiger partial charge in [-0.25, -0.2) is 0 Å². The van der Waals surface area contributed by atoms with E-state index < -0.39 is 0 Å². The number of aryl methyl sites for hydroxylation is 1. The smallest absolute Gasteiger partial charge is 0.0506 e. The van der Waals surface area contributed by atoms with E-state index in [0.717, 1.165) is 26.2 Å².